The highest BCUT2D eigenvalue weighted by Crippen LogP contribution is 2.39. The van der Waals surface area contributed by atoms with Gasteiger partial charge in [-0.3, -0.25) is 0 Å². The third kappa shape index (κ3) is 2.36. The largest absolute Gasteiger partial charge is 0.345 e. The van der Waals surface area contributed by atoms with Gasteiger partial charge in [-0.1, -0.05) is 18.2 Å². The number of nitrogens with zero attached hydrogens (tertiary/aromatic N) is 3. The second-order valence-corrected chi connectivity index (χ2v) is 5.39. The number of halogens is 1. The van der Waals surface area contributed by atoms with Gasteiger partial charge in [-0.2, -0.15) is 4.37 Å². The minimum Gasteiger partial charge on any atom is -0.345 e. The second kappa shape index (κ2) is 4.65. The molecule has 1 fully saturated rings. The van der Waals surface area contributed by atoms with E-state index in [0.29, 0.717) is 18.0 Å². The minimum atomic E-state index is -0.170. The van der Waals surface area contributed by atoms with Crippen LogP contribution in [0, 0.1) is 5.82 Å². The van der Waals surface area contributed by atoms with Crippen molar-refractivity contribution in [3.8, 4) is 0 Å². The van der Waals surface area contributed by atoms with Gasteiger partial charge in [0.15, 0.2) is 0 Å². The first-order valence-corrected chi connectivity index (χ1v) is 6.79. The Labute approximate surface area is 109 Å². The quantitative estimate of drug-likeness (QED) is 0.848. The van der Waals surface area contributed by atoms with Crippen molar-refractivity contribution in [2.45, 2.75) is 25.3 Å². The number of aromatic nitrogens is 2. The van der Waals surface area contributed by atoms with E-state index in [9.17, 15) is 4.39 Å². The maximum absolute atomic E-state index is 13.5. The number of hydrogen-bond acceptors (Lipinski definition) is 4. The highest BCUT2D eigenvalue weighted by Gasteiger charge is 2.28. The predicted octanol–water partition coefficient (Wildman–Crippen LogP) is 3.19. The molecule has 1 aliphatic rings. The number of hydrogen-bond donors (Lipinski definition) is 0. The van der Waals surface area contributed by atoms with Crippen LogP contribution in [-0.4, -0.2) is 16.4 Å². The molecular weight excluding hydrogens is 249 g/mol. The average Bonchev–Trinajstić information content (AvgIpc) is 3.10. The van der Waals surface area contributed by atoms with Crippen LogP contribution in [0.3, 0.4) is 0 Å². The summed E-state index contributed by atoms with van der Waals surface area (Å²) >= 11 is 1.39. The molecule has 0 saturated heterocycles. The maximum Gasteiger partial charge on any atom is 0.205 e. The van der Waals surface area contributed by atoms with Gasteiger partial charge >= 0.3 is 0 Å². The minimum absolute atomic E-state index is 0.170. The molecule has 0 radical (unpaired) electrons. The maximum atomic E-state index is 13.5. The molecule has 0 amide bonds. The van der Waals surface area contributed by atoms with Crippen molar-refractivity contribution in [1.29, 1.82) is 0 Å². The van der Waals surface area contributed by atoms with Gasteiger partial charge in [0.25, 0.3) is 0 Å². The Bertz CT molecular complexity index is 551. The third-order valence-corrected chi connectivity index (χ3v) is 3.91. The summed E-state index contributed by atoms with van der Waals surface area (Å²) in [5, 5.41) is 0.861. The molecule has 0 N–H and O–H groups in total. The molecule has 3 rings (SSSR count). The molecule has 94 valence electrons. The highest BCUT2D eigenvalue weighted by molar-refractivity contribution is 7.09. The topological polar surface area (TPSA) is 29.0 Å². The molecular formula is C13H14FN3S. The number of benzene rings is 1. The van der Waals surface area contributed by atoms with E-state index in [1.54, 1.807) is 12.1 Å². The Morgan fingerprint density at radius 2 is 2.17 bits per heavy atom. The van der Waals surface area contributed by atoms with E-state index in [-0.39, 0.29) is 5.82 Å². The fraction of sp³-hybridized carbons (Fsp3) is 0.385. The van der Waals surface area contributed by atoms with Crippen molar-refractivity contribution in [3.63, 3.8) is 0 Å². The predicted molar refractivity (Wildman–Crippen MR) is 70.4 cm³/mol. The van der Waals surface area contributed by atoms with Crippen molar-refractivity contribution in [2.24, 2.45) is 0 Å². The molecule has 1 aliphatic carbocycles. The lowest BCUT2D eigenvalue weighted by atomic mass is 10.2. The van der Waals surface area contributed by atoms with E-state index >= 15 is 0 Å². The zero-order chi connectivity index (χ0) is 12.5. The molecule has 18 heavy (non-hydrogen) atoms. The van der Waals surface area contributed by atoms with Gasteiger partial charge in [0.05, 0.1) is 0 Å². The summed E-state index contributed by atoms with van der Waals surface area (Å²) in [6.07, 6.45) is 2.40. The smallest absolute Gasteiger partial charge is 0.205 e. The Morgan fingerprint density at radius 3 is 2.89 bits per heavy atom. The first-order valence-electron chi connectivity index (χ1n) is 6.02. The van der Waals surface area contributed by atoms with Crippen LogP contribution in [-0.2, 0) is 6.54 Å². The molecule has 3 nitrogen and oxygen atoms in total. The van der Waals surface area contributed by atoms with Gasteiger partial charge in [0.1, 0.15) is 11.6 Å². The van der Waals surface area contributed by atoms with Crippen molar-refractivity contribution < 1.29 is 4.39 Å². The zero-order valence-electron chi connectivity index (χ0n) is 10.1. The summed E-state index contributed by atoms with van der Waals surface area (Å²) in [6.45, 7) is 0.520. The van der Waals surface area contributed by atoms with Crippen LogP contribution in [0.2, 0.25) is 0 Å². The van der Waals surface area contributed by atoms with Crippen LogP contribution in [0.1, 0.15) is 30.1 Å². The average molecular weight is 263 g/mol. The summed E-state index contributed by atoms with van der Waals surface area (Å²) in [5.41, 5.74) is 0.683. The highest BCUT2D eigenvalue weighted by atomic mass is 32.1. The zero-order valence-corrected chi connectivity index (χ0v) is 11.0. The van der Waals surface area contributed by atoms with E-state index in [4.69, 9.17) is 0 Å². The lowest BCUT2D eigenvalue weighted by Crippen LogP contribution is -2.17. The Hall–Kier alpha value is -1.49. The molecule has 5 heteroatoms. The Morgan fingerprint density at radius 1 is 1.39 bits per heavy atom. The lowest BCUT2D eigenvalue weighted by molar-refractivity contribution is 0.608. The first kappa shape index (κ1) is 11.6. The van der Waals surface area contributed by atoms with Crippen molar-refractivity contribution >= 4 is 16.7 Å². The summed E-state index contributed by atoms with van der Waals surface area (Å²) in [4.78, 5) is 6.46. The van der Waals surface area contributed by atoms with Crippen LogP contribution in [0.5, 0.6) is 0 Å². The summed E-state index contributed by atoms with van der Waals surface area (Å²) in [6, 6.07) is 6.84. The van der Waals surface area contributed by atoms with Gasteiger partial charge in [-0.15, -0.1) is 0 Å². The molecule has 1 saturated carbocycles. The third-order valence-electron chi connectivity index (χ3n) is 3.07. The van der Waals surface area contributed by atoms with Crippen molar-refractivity contribution in [2.75, 3.05) is 11.9 Å². The van der Waals surface area contributed by atoms with E-state index in [2.05, 4.69) is 9.36 Å². The van der Waals surface area contributed by atoms with Crippen LogP contribution in [0.4, 0.5) is 9.52 Å². The standard InChI is InChI=1S/C13H14FN3S/c1-17(8-10-4-2-3-5-11(10)14)13-15-12(16-18-13)9-6-7-9/h2-5,9H,6-8H2,1H3. The van der Waals surface area contributed by atoms with E-state index in [1.807, 2.05) is 18.0 Å². The fourth-order valence-corrected chi connectivity index (χ4v) is 2.54. The van der Waals surface area contributed by atoms with E-state index < -0.39 is 0 Å². The summed E-state index contributed by atoms with van der Waals surface area (Å²) < 4.78 is 17.9. The van der Waals surface area contributed by atoms with Gasteiger partial charge in [-0.25, -0.2) is 9.37 Å². The summed E-state index contributed by atoms with van der Waals surface area (Å²) in [5.74, 6) is 1.35. The van der Waals surface area contributed by atoms with E-state index in [1.165, 1.54) is 30.4 Å². The van der Waals surface area contributed by atoms with Crippen molar-refractivity contribution in [3.05, 3.63) is 41.5 Å². The molecule has 0 spiro atoms. The normalized spacial score (nSPS) is 14.8. The van der Waals surface area contributed by atoms with Gasteiger partial charge in [-0.05, 0) is 18.9 Å². The molecule has 2 aromatic rings. The molecule has 0 aliphatic heterocycles. The Balaban J connectivity index is 1.73. The number of anilines is 1. The SMILES string of the molecule is CN(Cc1ccccc1F)c1nc(C2CC2)ns1. The summed E-state index contributed by atoms with van der Waals surface area (Å²) in [7, 11) is 1.92. The molecule has 1 heterocycles. The fourth-order valence-electron chi connectivity index (χ4n) is 1.84. The molecule has 1 aromatic heterocycles. The van der Waals surface area contributed by atoms with E-state index in [0.717, 1.165) is 11.0 Å². The lowest BCUT2D eigenvalue weighted by Gasteiger charge is -2.15. The molecule has 0 atom stereocenters. The number of rotatable bonds is 4. The van der Waals surface area contributed by atoms with Crippen LogP contribution >= 0.6 is 11.5 Å². The van der Waals surface area contributed by atoms with Crippen LogP contribution < -0.4 is 4.90 Å². The Kier molecular flexibility index (Phi) is 2.99. The van der Waals surface area contributed by atoms with Gasteiger partial charge < -0.3 is 4.90 Å². The first-order chi connectivity index (χ1) is 8.74. The van der Waals surface area contributed by atoms with Gasteiger partial charge in [0, 0.05) is 36.6 Å². The molecule has 0 bridgehead atoms. The monoisotopic (exact) mass is 263 g/mol. The second-order valence-electron chi connectivity index (χ2n) is 4.66. The van der Waals surface area contributed by atoms with Crippen molar-refractivity contribution in [1.82, 2.24) is 9.36 Å². The van der Waals surface area contributed by atoms with Gasteiger partial charge in [0.2, 0.25) is 5.13 Å². The molecule has 1 aromatic carbocycles. The van der Waals surface area contributed by atoms with Crippen LogP contribution in [0.15, 0.2) is 24.3 Å². The molecule has 0 unspecified atom stereocenters. The van der Waals surface area contributed by atoms with Crippen LogP contribution in [0.25, 0.3) is 0 Å².